The van der Waals surface area contributed by atoms with Crippen LogP contribution in [0.25, 0.3) is 11.0 Å². The third kappa shape index (κ3) is 2.93. The van der Waals surface area contributed by atoms with E-state index in [-0.39, 0.29) is 17.1 Å². The SMILES string of the molecule is Cn1ncc2c(=O)n(CC(=O)Nc3cccc(Cl)c3Cl)cnc21. The van der Waals surface area contributed by atoms with Gasteiger partial charge in [0.25, 0.3) is 5.56 Å². The van der Waals surface area contributed by atoms with Crippen molar-refractivity contribution < 1.29 is 4.79 Å². The zero-order valence-corrected chi connectivity index (χ0v) is 13.5. The molecule has 2 aromatic heterocycles. The lowest BCUT2D eigenvalue weighted by Crippen LogP contribution is -2.27. The van der Waals surface area contributed by atoms with E-state index in [9.17, 15) is 9.59 Å². The van der Waals surface area contributed by atoms with Crippen molar-refractivity contribution in [1.29, 1.82) is 0 Å². The van der Waals surface area contributed by atoms with E-state index >= 15 is 0 Å². The Kier molecular flexibility index (Phi) is 4.06. The van der Waals surface area contributed by atoms with Gasteiger partial charge < -0.3 is 5.32 Å². The van der Waals surface area contributed by atoms with Gasteiger partial charge in [-0.25, -0.2) is 4.98 Å². The predicted octanol–water partition coefficient (Wildman–Crippen LogP) is 2.08. The highest BCUT2D eigenvalue weighted by molar-refractivity contribution is 6.43. The van der Waals surface area contributed by atoms with Gasteiger partial charge in [-0.1, -0.05) is 29.3 Å². The van der Waals surface area contributed by atoms with Crippen molar-refractivity contribution in [2.24, 2.45) is 7.05 Å². The number of aromatic nitrogens is 4. The molecule has 0 saturated heterocycles. The number of halogens is 2. The van der Waals surface area contributed by atoms with Crippen LogP contribution in [0.3, 0.4) is 0 Å². The van der Waals surface area contributed by atoms with Crippen LogP contribution in [-0.2, 0) is 18.4 Å². The van der Waals surface area contributed by atoms with Gasteiger partial charge in [0, 0.05) is 7.05 Å². The monoisotopic (exact) mass is 351 g/mol. The van der Waals surface area contributed by atoms with Crippen LogP contribution < -0.4 is 10.9 Å². The normalized spacial score (nSPS) is 10.9. The first-order valence-corrected chi connectivity index (χ1v) is 7.34. The number of hydrogen-bond donors (Lipinski definition) is 1. The Bertz CT molecular complexity index is 963. The molecule has 3 aromatic rings. The standard InChI is InChI=1S/C14H11Cl2N5O2/c1-20-13-8(5-18-20)14(23)21(7-17-13)6-11(22)19-10-4-2-3-9(15)12(10)16/h2-5,7H,6H2,1H3,(H,19,22). The summed E-state index contributed by atoms with van der Waals surface area (Å²) in [6, 6.07) is 4.90. The van der Waals surface area contributed by atoms with Gasteiger partial charge >= 0.3 is 0 Å². The summed E-state index contributed by atoms with van der Waals surface area (Å²) in [5, 5.41) is 7.52. The van der Waals surface area contributed by atoms with Crippen molar-refractivity contribution in [1.82, 2.24) is 19.3 Å². The minimum atomic E-state index is -0.415. The molecule has 1 aromatic carbocycles. The van der Waals surface area contributed by atoms with Crippen LogP contribution in [0.5, 0.6) is 0 Å². The molecule has 0 radical (unpaired) electrons. The summed E-state index contributed by atoms with van der Waals surface area (Å²) in [5.41, 5.74) is 0.507. The number of carbonyl (C=O) groups excluding carboxylic acids is 1. The van der Waals surface area contributed by atoms with Gasteiger partial charge in [0.2, 0.25) is 5.91 Å². The van der Waals surface area contributed by atoms with E-state index in [1.807, 2.05) is 0 Å². The van der Waals surface area contributed by atoms with Gasteiger partial charge in [0.15, 0.2) is 5.65 Å². The van der Waals surface area contributed by atoms with Crippen LogP contribution in [0.2, 0.25) is 10.0 Å². The molecule has 0 spiro atoms. The fourth-order valence-corrected chi connectivity index (χ4v) is 2.47. The molecule has 0 fully saturated rings. The minimum Gasteiger partial charge on any atom is -0.323 e. The van der Waals surface area contributed by atoms with E-state index in [2.05, 4.69) is 15.4 Å². The van der Waals surface area contributed by atoms with Crippen molar-refractivity contribution in [2.45, 2.75) is 6.54 Å². The summed E-state index contributed by atoms with van der Waals surface area (Å²) < 4.78 is 2.70. The lowest BCUT2D eigenvalue weighted by atomic mass is 10.3. The van der Waals surface area contributed by atoms with E-state index in [0.717, 1.165) is 0 Å². The summed E-state index contributed by atoms with van der Waals surface area (Å²) in [4.78, 5) is 28.5. The number of carbonyl (C=O) groups is 1. The molecule has 1 N–H and O–H groups in total. The van der Waals surface area contributed by atoms with Crippen LogP contribution in [0.4, 0.5) is 5.69 Å². The summed E-state index contributed by atoms with van der Waals surface area (Å²) in [5.74, 6) is -0.415. The summed E-state index contributed by atoms with van der Waals surface area (Å²) in [6.45, 7) is -0.195. The summed E-state index contributed by atoms with van der Waals surface area (Å²) >= 11 is 11.9. The molecular formula is C14H11Cl2N5O2. The van der Waals surface area contributed by atoms with E-state index in [0.29, 0.717) is 21.7 Å². The predicted molar refractivity (Wildman–Crippen MR) is 87.9 cm³/mol. The van der Waals surface area contributed by atoms with Crippen LogP contribution >= 0.6 is 23.2 Å². The molecule has 7 nitrogen and oxygen atoms in total. The third-order valence-corrected chi connectivity index (χ3v) is 4.08. The van der Waals surface area contributed by atoms with Crippen LogP contribution in [-0.4, -0.2) is 25.2 Å². The molecule has 23 heavy (non-hydrogen) atoms. The molecule has 0 aliphatic heterocycles. The maximum atomic E-state index is 12.3. The number of nitrogens with one attached hydrogen (secondary N) is 1. The number of fused-ring (bicyclic) bond motifs is 1. The van der Waals surface area contributed by atoms with Crippen molar-refractivity contribution >= 4 is 45.8 Å². The Hall–Kier alpha value is -2.38. The number of amides is 1. The molecule has 0 atom stereocenters. The third-order valence-electron chi connectivity index (χ3n) is 3.26. The van der Waals surface area contributed by atoms with E-state index in [1.54, 1.807) is 25.2 Å². The maximum absolute atomic E-state index is 12.3. The molecule has 118 valence electrons. The second-order valence-electron chi connectivity index (χ2n) is 4.83. The zero-order chi connectivity index (χ0) is 16.6. The Balaban J connectivity index is 1.84. The van der Waals surface area contributed by atoms with Gasteiger partial charge in [-0.3, -0.25) is 18.8 Å². The first-order valence-electron chi connectivity index (χ1n) is 6.58. The van der Waals surface area contributed by atoms with Crippen molar-refractivity contribution in [3.05, 3.63) is 51.1 Å². The highest BCUT2D eigenvalue weighted by Gasteiger charge is 2.12. The van der Waals surface area contributed by atoms with Gasteiger partial charge in [-0.05, 0) is 12.1 Å². The molecular weight excluding hydrogens is 341 g/mol. The van der Waals surface area contributed by atoms with Crippen molar-refractivity contribution in [2.75, 3.05) is 5.32 Å². The van der Waals surface area contributed by atoms with Crippen LogP contribution in [0.1, 0.15) is 0 Å². The number of hydrogen-bond acceptors (Lipinski definition) is 4. The number of benzene rings is 1. The van der Waals surface area contributed by atoms with Gasteiger partial charge in [-0.15, -0.1) is 0 Å². The van der Waals surface area contributed by atoms with E-state index in [1.165, 1.54) is 21.8 Å². The van der Waals surface area contributed by atoms with E-state index < -0.39 is 5.91 Å². The number of aryl methyl sites for hydroxylation is 1. The number of nitrogens with zero attached hydrogens (tertiary/aromatic N) is 4. The molecule has 0 saturated carbocycles. The van der Waals surface area contributed by atoms with Crippen LogP contribution in [0, 0.1) is 0 Å². The molecule has 0 aliphatic rings. The fourth-order valence-electron chi connectivity index (χ4n) is 2.12. The highest BCUT2D eigenvalue weighted by Crippen LogP contribution is 2.29. The van der Waals surface area contributed by atoms with Crippen molar-refractivity contribution in [3.63, 3.8) is 0 Å². The van der Waals surface area contributed by atoms with Crippen molar-refractivity contribution in [3.8, 4) is 0 Å². The van der Waals surface area contributed by atoms with E-state index in [4.69, 9.17) is 23.2 Å². The second kappa shape index (κ2) is 6.02. The fraction of sp³-hybridized carbons (Fsp3) is 0.143. The Morgan fingerprint density at radius 2 is 2.13 bits per heavy atom. The molecule has 2 heterocycles. The number of rotatable bonds is 3. The molecule has 0 unspecified atom stereocenters. The molecule has 1 amide bonds. The molecule has 9 heteroatoms. The lowest BCUT2D eigenvalue weighted by Gasteiger charge is -2.09. The summed E-state index contributed by atoms with van der Waals surface area (Å²) in [6.07, 6.45) is 2.73. The largest absolute Gasteiger partial charge is 0.323 e. The van der Waals surface area contributed by atoms with Gasteiger partial charge in [0.05, 0.1) is 21.9 Å². The van der Waals surface area contributed by atoms with Gasteiger partial charge in [-0.2, -0.15) is 5.10 Å². The maximum Gasteiger partial charge on any atom is 0.264 e. The smallest absolute Gasteiger partial charge is 0.264 e. The minimum absolute atomic E-state index is 0.195. The topological polar surface area (TPSA) is 81.8 Å². The highest BCUT2D eigenvalue weighted by atomic mass is 35.5. The number of anilines is 1. The second-order valence-corrected chi connectivity index (χ2v) is 5.62. The Morgan fingerprint density at radius 1 is 1.35 bits per heavy atom. The quantitative estimate of drug-likeness (QED) is 0.783. The average Bonchev–Trinajstić information content (AvgIpc) is 2.89. The summed E-state index contributed by atoms with van der Waals surface area (Å²) in [7, 11) is 1.69. The molecule has 0 bridgehead atoms. The Morgan fingerprint density at radius 3 is 2.91 bits per heavy atom. The van der Waals surface area contributed by atoms with Gasteiger partial charge in [0.1, 0.15) is 18.3 Å². The molecule has 0 aliphatic carbocycles. The first-order chi connectivity index (χ1) is 11.0. The average molecular weight is 352 g/mol. The first kappa shape index (κ1) is 15.5. The molecule has 3 rings (SSSR count). The zero-order valence-electron chi connectivity index (χ0n) is 12.0. The van der Waals surface area contributed by atoms with Crippen LogP contribution in [0.15, 0.2) is 35.5 Å². The lowest BCUT2D eigenvalue weighted by molar-refractivity contribution is -0.116. The Labute approximate surface area is 140 Å².